The van der Waals surface area contributed by atoms with E-state index >= 15 is 0 Å². The van der Waals surface area contributed by atoms with Gasteiger partial charge in [-0.2, -0.15) is 0 Å². The van der Waals surface area contributed by atoms with E-state index in [1.165, 1.54) is 0 Å². The Morgan fingerprint density at radius 1 is 0.949 bits per heavy atom. The predicted octanol–water partition coefficient (Wildman–Crippen LogP) is 5.64. The zero-order chi connectivity index (χ0) is 28.2. The Morgan fingerprint density at radius 3 is 2.31 bits per heavy atom. The molecule has 0 saturated heterocycles. The van der Waals surface area contributed by atoms with Crippen LogP contribution in [0, 0.1) is 52.3 Å². The number of aliphatic hydroxyl groups excluding tert-OH is 2. The Labute approximate surface area is 236 Å². The molecular weight excluding hydrogens is 514 g/mol. The third-order valence-corrected chi connectivity index (χ3v) is 14.6. The van der Waals surface area contributed by atoms with E-state index in [1.54, 1.807) is 0 Å². The molecule has 8 heteroatoms. The van der Waals surface area contributed by atoms with Crippen LogP contribution in [0.15, 0.2) is 0 Å². The van der Waals surface area contributed by atoms with Crippen LogP contribution in [0.25, 0.3) is 0 Å². The van der Waals surface area contributed by atoms with E-state index in [-0.39, 0.29) is 47.4 Å². The zero-order valence-electron chi connectivity index (χ0n) is 24.6. The molecule has 0 heterocycles. The largest absolute Gasteiger partial charge is 0.449 e. The van der Waals surface area contributed by atoms with Crippen LogP contribution >= 0.6 is 0 Å². The number of rotatable bonds is 6. The Balaban J connectivity index is 1.25. The summed E-state index contributed by atoms with van der Waals surface area (Å²) >= 11 is 0. The fourth-order valence-corrected chi connectivity index (χ4v) is 12.3. The van der Waals surface area contributed by atoms with Crippen molar-refractivity contribution in [2.75, 3.05) is 6.61 Å². The molecule has 3 N–H and O–H groups in total. The van der Waals surface area contributed by atoms with Crippen LogP contribution in [0.4, 0.5) is 4.79 Å². The summed E-state index contributed by atoms with van der Waals surface area (Å²) in [5.41, 5.74) is 0.255. The number of fused-ring (bicyclic) bond motifs is 5. The molecule has 224 valence electrons. The van der Waals surface area contributed by atoms with Gasteiger partial charge in [-0.1, -0.05) is 53.4 Å². The minimum Gasteiger partial charge on any atom is -0.449 e. The van der Waals surface area contributed by atoms with Crippen LogP contribution in [0.3, 0.4) is 0 Å². The fourth-order valence-electron chi connectivity index (χ4n) is 10.9. The van der Waals surface area contributed by atoms with Crippen LogP contribution in [0.5, 0.6) is 0 Å². The van der Waals surface area contributed by atoms with Crippen molar-refractivity contribution in [3.63, 3.8) is 0 Å². The number of sulfonamides is 1. The lowest BCUT2D eigenvalue weighted by Gasteiger charge is -2.64. The molecule has 1 amide bonds. The maximum atomic E-state index is 12.6. The molecule has 0 aromatic heterocycles. The second-order valence-electron chi connectivity index (χ2n) is 14.6. The molecule has 5 aliphatic rings. The van der Waals surface area contributed by atoms with Crippen molar-refractivity contribution in [3.8, 4) is 0 Å². The fraction of sp³-hybridized carbons (Fsp3) is 0.968. The number of ether oxygens (including phenoxy) is 1. The van der Waals surface area contributed by atoms with Crippen molar-refractivity contribution in [1.29, 1.82) is 0 Å². The minimum absolute atomic E-state index is 0.0746. The molecule has 5 rings (SSSR count). The van der Waals surface area contributed by atoms with E-state index < -0.39 is 21.4 Å². The number of carbonyl (C=O) groups is 1. The van der Waals surface area contributed by atoms with Crippen molar-refractivity contribution < 1.29 is 28.2 Å². The molecular formula is C31H53NO6S. The highest BCUT2D eigenvalue weighted by Crippen LogP contribution is 2.69. The average molecular weight is 568 g/mol. The quantitative estimate of drug-likeness (QED) is 0.383. The molecule has 39 heavy (non-hydrogen) atoms. The lowest BCUT2D eigenvalue weighted by Crippen LogP contribution is -2.62. The number of carbonyl (C=O) groups excluding carboxylic acids is 1. The maximum absolute atomic E-state index is 12.6. The third kappa shape index (κ3) is 5.17. The van der Waals surface area contributed by atoms with Gasteiger partial charge in [0, 0.05) is 0 Å². The van der Waals surface area contributed by atoms with Gasteiger partial charge in [0.05, 0.1) is 24.1 Å². The highest BCUT2D eigenvalue weighted by molar-refractivity contribution is 7.90. The lowest BCUT2D eigenvalue weighted by molar-refractivity contribution is -0.203. The summed E-state index contributed by atoms with van der Waals surface area (Å²) in [5.74, 6) is 2.34. The minimum atomic E-state index is -3.70. The smallest absolute Gasteiger partial charge is 0.420 e. The van der Waals surface area contributed by atoms with E-state index in [0.717, 1.165) is 70.6 Å². The summed E-state index contributed by atoms with van der Waals surface area (Å²) in [6, 6.07) is 0. The first-order valence-corrected chi connectivity index (χ1v) is 17.5. The lowest BCUT2D eigenvalue weighted by atomic mass is 9.41. The number of amides is 1. The topological polar surface area (TPSA) is 113 Å². The zero-order valence-corrected chi connectivity index (χ0v) is 25.4. The van der Waals surface area contributed by atoms with Crippen molar-refractivity contribution >= 4 is 16.1 Å². The maximum Gasteiger partial charge on any atom is 0.420 e. The van der Waals surface area contributed by atoms with Crippen LogP contribution in [0.2, 0.25) is 0 Å². The number of nitrogens with one attached hydrogen (secondary N) is 1. The SMILES string of the molecule is CC[C@@H]1C2C[C@H](O)CC[C@]2(C)C2CC[C@]3(C)C([C@H](C)COC(=O)NS(=O)(=O)C4CCCCC4)CC[C@H]3[C@@H]2[C@@H]1O. The molecule has 0 bridgehead atoms. The standard InChI is InChI=1S/C31H53NO6S/c1-5-22-26-17-20(33)13-15-31(26,4)25-14-16-30(3)23(11-12-24(30)27(25)28(22)34)19(2)18-38-29(35)32-39(36,37)21-9-7-6-8-10-21/h19-28,33-34H,5-18H2,1-4H3,(H,32,35)/t19-,20-,22-,23?,24+,25?,26?,27+,28-,30-,31-/m1/s1. The van der Waals surface area contributed by atoms with Crippen LogP contribution in [-0.4, -0.2) is 48.8 Å². The summed E-state index contributed by atoms with van der Waals surface area (Å²) in [7, 11) is -3.70. The van der Waals surface area contributed by atoms with Gasteiger partial charge in [0.25, 0.3) is 0 Å². The molecule has 11 atom stereocenters. The first-order chi connectivity index (χ1) is 18.4. The Bertz CT molecular complexity index is 997. The van der Waals surface area contributed by atoms with Crippen molar-refractivity contribution in [1.82, 2.24) is 4.72 Å². The van der Waals surface area contributed by atoms with Crippen molar-refractivity contribution in [2.24, 2.45) is 52.3 Å². The Hall–Kier alpha value is -0.860. The summed E-state index contributed by atoms with van der Waals surface area (Å²) in [6.07, 6.45) is 10.7. The highest BCUT2D eigenvalue weighted by Gasteiger charge is 2.64. The van der Waals surface area contributed by atoms with Crippen LogP contribution < -0.4 is 4.72 Å². The highest BCUT2D eigenvalue weighted by atomic mass is 32.2. The molecule has 5 fully saturated rings. The van der Waals surface area contributed by atoms with Crippen LogP contribution in [-0.2, 0) is 14.8 Å². The van der Waals surface area contributed by atoms with E-state index in [1.807, 2.05) is 0 Å². The number of aliphatic hydroxyl groups is 2. The van der Waals surface area contributed by atoms with E-state index in [4.69, 9.17) is 4.74 Å². The molecule has 0 aromatic carbocycles. The summed E-state index contributed by atoms with van der Waals surface area (Å²) < 4.78 is 33.0. The molecule has 3 unspecified atom stereocenters. The normalized spacial score (nSPS) is 45.5. The van der Waals surface area contributed by atoms with Gasteiger partial charge < -0.3 is 14.9 Å². The van der Waals surface area contributed by atoms with Gasteiger partial charge in [0.1, 0.15) is 0 Å². The van der Waals surface area contributed by atoms with E-state index in [2.05, 4.69) is 32.4 Å². The van der Waals surface area contributed by atoms with Crippen LogP contribution in [0.1, 0.15) is 111 Å². The number of hydrogen-bond acceptors (Lipinski definition) is 6. The van der Waals surface area contributed by atoms with Gasteiger partial charge in [-0.25, -0.2) is 17.9 Å². The number of hydrogen-bond donors (Lipinski definition) is 3. The van der Waals surface area contributed by atoms with Gasteiger partial charge >= 0.3 is 6.09 Å². The molecule has 0 radical (unpaired) electrons. The summed E-state index contributed by atoms with van der Waals surface area (Å²) in [6.45, 7) is 9.42. The molecule has 0 spiro atoms. The summed E-state index contributed by atoms with van der Waals surface area (Å²) in [5, 5.41) is 21.9. The third-order valence-electron chi connectivity index (χ3n) is 12.8. The van der Waals surface area contributed by atoms with Gasteiger partial charge in [0.15, 0.2) is 0 Å². The molecule has 5 saturated carbocycles. The molecule has 5 aliphatic carbocycles. The second kappa shape index (κ2) is 11.1. The Kier molecular flexibility index (Phi) is 8.42. The molecule has 0 aromatic rings. The average Bonchev–Trinajstić information content (AvgIpc) is 3.26. The first kappa shape index (κ1) is 29.6. The molecule has 0 aliphatic heterocycles. The van der Waals surface area contributed by atoms with Gasteiger partial charge in [-0.15, -0.1) is 0 Å². The molecule has 7 nitrogen and oxygen atoms in total. The van der Waals surface area contributed by atoms with Crippen molar-refractivity contribution in [3.05, 3.63) is 0 Å². The van der Waals surface area contributed by atoms with Gasteiger partial charge in [0.2, 0.25) is 10.0 Å². The Morgan fingerprint density at radius 2 is 1.62 bits per heavy atom. The van der Waals surface area contributed by atoms with Gasteiger partial charge in [-0.3, -0.25) is 0 Å². The monoisotopic (exact) mass is 567 g/mol. The first-order valence-electron chi connectivity index (χ1n) is 16.0. The van der Waals surface area contributed by atoms with E-state index in [0.29, 0.717) is 36.5 Å². The van der Waals surface area contributed by atoms with Crippen molar-refractivity contribution in [2.45, 2.75) is 129 Å². The van der Waals surface area contributed by atoms with Gasteiger partial charge in [-0.05, 0) is 110 Å². The second-order valence-corrected chi connectivity index (χ2v) is 16.6. The summed E-state index contributed by atoms with van der Waals surface area (Å²) in [4.78, 5) is 12.5. The van der Waals surface area contributed by atoms with E-state index in [9.17, 15) is 23.4 Å². The predicted molar refractivity (Wildman–Crippen MR) is 151 cm³/mol.